The van der Waals surface area contributed by atoms with Gasteiger partial charge in [-0.05, 0) is 25.1 Å². The van der Waals surface area contributed by atoms with Gasteiger partial charge in [-0.1, -0.05) is 6.58 Å². The Morgan fingerprint density at radius 3 is 1.55 bits per heavy atom. The molecule has 1 aromatic rings. The van der Waals surface area contributed by atoms with Crippen LogP contribution in [0.25, 0.3) is 0 Å². The van der Waals surface area contributed by atoms with E-state index in [2.05, 4.69) is 32.0 Å². The lowest BCUT2D eigenvalue weighted by Gasteiger charge is -2.11. The number of amides is 3. The van der Waals surface area contributed by atoms with Crippen molar-refractivity contribution in [1.82, 2.24) is 16.0 Å². The number of ether oxygens (including phenoxy) is 3. The molecule has 12 heteroatoms. The van der Waals surface area contributed by atoms with Crippen LogP contribution in [0, 0.1) is 0 Å². The maximum Gasteiger partial charge on any atom is 0.312 e. The molecule has 33 heavy (non-hydrogen) atoms. The van der Waals surface area contributed by atoms with Gasteiger partial charge in [0.15, 0.2) is 0 Å². The largest absolute Gasteiger partial charge is 0.466 e. The molecular weight excluding hydrogens is 438 g/mol. The van der Waals surface area contributed by atoms with Crippen LogP contribution >= 0.6 is 0 Å². The zero-order valence-electron chi connectivity index (χ0n) is 18.0. The SMILES string of the molecule is C=C(C)OC(=O)CCNC(=O)c1cc(C(=O)NCCOC=O)cc(C(=O)NCCOC=O)c1. The number of hydrogen-bond donors (Lipinski definition) is 3. The van der Waals surface area contributed by atoms with Gasteiger partial charge in [0.1, 0.15) is 13.2 Å². The molecule has 3 N–H and O–H groups in total. The first kappa shape index (κ1) is 26.8. The van der Waals surface area contributed by atoms with Gasteiger partial charge >= 0.3 is 5.97 Å². The van der Waals surface area contributed by atoms with Crippen molar-refractivity contribution in [3.05, 3.63) is 47.2 Å². The molecular formula is C21H25N3O9. The maximum absolute atomic E-state index is 12.5. The number of allylic oxidation sites excluding steroid dienone is 1. The Morgan fingerprint density at radius 2 is 1.18 bits per heavy atom. The minimum absolute atomic E-state index is 0.00439. The van der Waals surface area contributed by atoms with Gasteiger partial charge in [-0.25, -0.2) is 0 Å². The summed E-state index contributed by atoms with van der Waals surface area (Å²) in [6.07, 6.45) is -0.112. The molecule has 0 saturated carbocycles. The predicted octanol–water partition coefficient (Wildman–Crippen LogP) is -0.311. The minimum atomic E-state index is -0.629. The van der Waals surface area contributed by atoms with E-state index in [4.69, 9.17) is 4.74 Å². The summed E-state index contributed by atoms with van der Waals surface area (Å²) in [6, 6.07) is 3.81. The maximum atomic E-state index is 12.5. The van der Waals surface area contributed by atoms with Crippen LogP contribution in [-0.4, -0.2) is 69.5 Å². The summed E-state index contributed by atoms with van der Waals surface area (Å²) < 4.78 is 13.8. The molecule has 12 nitrogen and oxygen atoms in total. The Hall–Kier alpha value is -4.22. The van der Waals surface area contributed by atoms with Gasteiger partial charge < -0.3 is 30.2 Å². The van der Waals surface area contributed by atoms with Gasteiger partial charge in [-0.3, -0.25) is 28.8 Å². The second-order valence-electron chi connectivity index (χ2n) is 6.43. The number of hydrogen-bond acceptors (Lipinski definition) is 9. The number of esters is 1. The van der Waals surface area contributed by atoms with E-state index in [9.17, 15) is 28.8 Å². The van der Waals surface area contributed by atoms with Gasteiger partial charge in [0.05, 0.1) is 25.3 Å². The molecule has 0 unspecified atom stereocenters. The quantitative estimate of drug-likeness (QED) is 0.104. The Kier molecular flexibility index (Phi) is 12.0. The van der Waals surface area contributed by atoms with Crippen LogP contribution in [0.1, 0.15) is 44.4 Å². The molecule has 0 spiro atoms. The molecule has 0 aliphatic rings. The molecule has 178 valence electrons. The highest BCUT2D eigenvalue weighted by atomic mass is 16.5. The summed E-state index contributed by atoms with van der Waals surface area (Å²) in [5.74, 6) is -2.20. The molecule has 0 aliphatic carbocycles. The van der Waals surface area contributed by atoms with Gasteiger partial charge in [-0.2, -0.15) is 0 Å². The lowest BCUT2D eigenvalue weighted by atomic mass is 10.0. The van der Waals surface area contributed by atoms with Crippen molar-refractivity contribution in [3.8, 4) is 0 Å². The van der Waals surface area contributed by atoms with Crippen LogP contribution in [0.3, 0.4) is 0 Å². The first-order valence-corrected chi connectivity index (χ1v) is 9.74. The number of benzene rings is 1. The lowest BCUT2D eigenvalue weighted by molar-refractivity contribution is -0.139. The van der Waals surface area contributed by atoms with Crippen molar-refractivity contribution in [2.75, 3.05) is 32.8 Å². The molecule has 1 rings (SSSR count). The van der Waals surface area contributed by atoms with Gasteiger partial charge in [-0.15, -0.1) is 0 Å². The van der Waals surface area contributed by atoms with Crippen LogP contribution in [0.2, 0.25) is 0 Å². The summed E-state index contributed by atoms with van der Waals surface area (Å²) in [6.45, 7) is 5.30. The molecule has 0 heterocycles. The van der Waals surface area contributed by atoms with E-state index < -0.39 is 23.7 Å². The number of rotatable bonds is 15. The minimum Gasteiger partial charge on any atom is -0.466 e. The molecule has 0 saturated heterocycles. The Labute approximate surface area is 189 Å². The molecule has 0 aliphatic heterocycles. The molecule has 1 aromatic carbocycles. The molecule has 0 atom stereocenters. The predicted molar refractivity (Wildman–Crippen MR) is 113 cm³/mol. The highest BCUT2D eigenvalue weighted by molar-refractivity contribution is 6.04. The highest BCUT2D eigenvalue weighted by Gasteiger charge is 2.17. The highest BCUT2D eigenvalue weighted by Crippen LogP contribution is 2.12. The number of carbonyl (C=O) groups excluding carboxylic acids is 6. The smallest absolute Gasteiger partial charge is 0.312 e. The average molecular weight is 463 g/mol. The third-order valence-corrected chi connectivity index (χ3v) is 3.77. The fourth-order valence-corrected chi connectivity index (χ4v) is 2.39. The van der Waals surface area contributed by atoms with Crippen molar-refractivity contribution < 1.29 is 43.0 Å². The van der Waals surface area contributed by atoms with Crippen molar-refractivity contribution in [2.45, 2.75) is 13.3 Å². The van der Waals surface area contributed by atoms with E-state index in [-0.39, 0.29) is 74.7 Å². The molecule has 0 radical (unpaired) electrons. The fourth-order valence-electron chi connectivity index (χ4n) is 2.39. The van der Waals surface area contributed by atoms with E-state index in [1.165, 1.54) is 25.1 Å². The average Bonchev–Trinajstić information content (AvgIpc) is 2.78. The van der Waals surface area contributed by atoms with Crippen LogP contribution in [-0.2, 0) is 28.6 Å². The number of carbonyl (C=O) groups is 6. The van der Waals surface area contributed by atoms with Crippen molar-refractivity contribution >= 4 is 36.6 Å². The van der Waals surface area contributed by atoms with E-state index >= 15 is 0 Å². The van der Waals surface area contributed by atoms with E-state index in [1.54, 1.807) is 0 Å². The van der Waals surface area contributed by atoms with Crippen LogP contribution in [0.5, 0.6) is 0 Å². The molecule has 0 bridgehead atoms. The zero-order valence-corrected chi connectivity index (χ0v) is 18.0. The lowest BCUT2D eigenvalue weighted by Crippen LogP contribution is -2.31. The van der Waals surface area contributed by atoms with Gasteiger partial charge in [0.25, 0.3) is 30.7 Å². The van der Waals surface area contributed by atoms with E-state index in [1.807, 2.05) is 0 Å². The van der Waals surface area contributed by atoms with Crippen molar-refractivity contribution in [3.63, 3.8) is 0 Å². The third kappa shape index (κ3) is 10.6. The van der Waals surface area contributed by atoms with Crippen molar-refractivity contribution in [2.24, 2.45) is 0 Å². The van der Waals surface area contributed by atoms with Crippen LogP contribution in [0.15, 0.2) is 30.5 Å². The Bertz CT molecular complexity index is 853. The van der Waals surface area contributed by atoms with E-state index in [0.717, 1.165) is 0 Å². The van der Waals surface area contributed by atoms with Gasteiger partial charge in [0.2, 0.25) is 0 Å². The zero-order chi connectivity index (χ0) is 24.6. The first-order valence-electron chi connectivity index (χ1n) is 9.74. The summed E-state index contributed by atoms with van der Waals surface area (Å²) >= 11 is 0. The summed E-state index contributed by atoms with van der Waals surface area (Å²) in [5, 5.41) is 7.48. The van der Waals surface area contributed by atoms with Crippen LogP contribution in [0.4, 0.5) is 0 Å². The normalized spacial score (nSPS) is 9.73. The topological polar surface area (TPSA) is 166 Å². The van der Waals surface area contributed by atoms with Gasteiger partial charge in [0, 0.05) is 23.2 Å². The molecule has 0 fully saturated rings. The van der Waals surface area contributed by atoms with Crippen molar-refractivity contribution in [1.29, 1.82) is 0 Å². The molecule has 0 aromatic heterocycles. The summed E-state index contributed by atoms with van der Waals surface area (Å²) in [5.41, 5.74) is 0.00354. The second kappa shape index (κ2) is 14.7. The first-order chi connectivity index (χ1) is 15.8. The Morgan fingerprint density at radius 1 is 0.788 bits per heavy atom. The second-order valence-corrected chi connectivity index (χ2v) is 6.43. The standard InChI is InChI=1S/C21H25N3O9/c1-14(2)33-18(27)3-4-22-19(28)15-9-16(20(29)23-5-7-31-12-25)11-17(10-15)21(30)24-6-8-32-13-26/h9-13H,1,3-8H2,2H3,(H,22,28)(H,23,29)(H,24,30). The number of nitrogens with one attached hydrogen (secondary N) is 3. The van der Waals surface area contributed by atoms with E-state index in [0.29, 0.717) is 0 Å². The van der Waals surface area contributed by atoms with Crippen LogP contribution < -0.4 is 16.0 Å². The fraction of sp³-hybridized carbons (Fsp3) is 0.333. The third-order valence-electron chi connectivity index (χ3n) is 3.77. The Balaban J connectivity index is 2.95. The molecule has 3 amide bonds. The monoisotopic (exact) mass is 463 g/mol. The summed E-state index contributed by atoms with van der Waals surface area (Å²) in [7, 11) is 0. The summed E-state index contributed by atoms with van der Waals surface area (Å²) in [4.78, 5) is 69.3.